The number of halogens is 1. The van der Waals surface area contributed by atoms with Gasteiger partial charge in [-0.05, 0) is 38.1 Å². The molecule has 1 aromatic rings. The van der Waals surface area contributed by atoms with Gasteiger partial charge in [-0.2, -0.15) is 0 Å². The summed E-state index contributed by atoms with van der Waals surface area (Å²) in [7, 11) is 0. The quantitative estimate of drug-likeness (QED) is 0.869. The van der Waals surface area contributed by atoms with Gasteiger partial charge in [-0.15, -0.1) is 0 Å². The summed E-state index contributed by atoms with van der Waals surface area (Å²) in [6.07, 6.45) is 2.86. The number of para-hydroxylation sites is 1. The van der Waals surface area contributed by atoms with Gasteiger partial charge in [-0.1, -0.05) is 12.1 Å². The summed E-state index contributed by atoms with van der Waals surface area (Å²) < 4.78 is 13.3. The van der Waals surface area contributed by atoms with E-state index in [1.54, 1.807) is 18.2 Å². The van der Waals surface area contributed by atoms with Crippen LogP contribution in [0.5, 0.6) is 0 Å². The van der Waals surface area contributed by atoms with E-state index in [9.17, 15) is 9.18 Å². The molecule has 0 saturated carbocycles. The molecular formula is C13H17FN2O. The van der Waals surface area contributed by atoms with Crippen molar-refractivity contribution in [1.29, 1.82) is 0 Å². The first-order chi connectivity index (χ1) is 8.25. The van der Waals surface area contributed by atoms with E-state index in [0.717, 1.165) is 19.6 Å². The molecule has 1 aliphatic heterocycles. The normalized spacial score (nSPS) is 16.1. The lowest BCUT2D eigenvalue weighted by Gasteiger charge is -2.14. The minimum absolute atomic E-state index is 0.123. The standard InChI is InChI=1S/C13H17FN2O/c14-11-5-1-2-6-12(11)15-13(17)7-10-16-8-3-4-9-16/h1-2,5-6H,3-4,7-10H2,(H,15,17). The zero-order valence-corrected chi connectivity index (χ0v) is 9.79. The van der Waals surface area contributed by atoms with Gasteiger partial charge in [0.1, 0.15) is 5.82 Å². The van der Waals surface area contributed by atoms with Crippen molar-refractivity contribution in [1.82, 2.24) is 4.90 Å². The maximum Gasteiger partial charge on any atom is 0.225 e. The van der Waals surface area contributed by atoms with Crippen LogP contribution in [0.1, 0.15) is 19.3 Å². The van der Waals surface area contributed by atoms with Crippen LogP contribution in [0.2, 0.25) is 0 Å². The van der Waals surface area contributed by atoms with Gasteiger partial charge >= 0.3 is 0 Å². The SMILES string of the molecule is O=C(CCN1CCCC1)Nc1ccccc1F. The van der Waals surface area contributed by atoms with Crippen LogP contribution >= 0.6 is 0 Å². The van der Waals surface area contributed by atoms with E-state index < -0.39 is 0 Å². The molecule has 0 aromatic heterocycles. The van der Waals surface area contributed by atoms with Crippen LogP contribution < -0.4 is 5.32 Å². The Labute approximate surface area is 101 Å². The lowest BCUT2D eigenvalue weighted by molar-refractivity contribution is -0.116. The fourth-order valence-electron chi connectivity index (χ4n) is 2.04. The Morgan fingerprint density at radius 1 is 1.29 bits per heavy atom. The predicted molar refractivity (Wildman–Crippen MR) is 65.3 cm³/mol. The van der Waals surface area contributed by atoms with Crippen molar-refractivity contribution in [3.63, 3.8) is 0 Å². The number of hydrogen-bond acceptors (Lipinski definition) is 2. The third kappa shape index (κ3) is 3.53. The number of carbonyl (C=O) groups is 1. The molecule has 3 nitrogen and oxygen atoms in total. The van der Waals surface area contributed by atoms with Crippen molar-refractivity contribution < 1.29 is 9.18 Å². The first kappa shape index (κ1) is 12.0. The first-order valence-electron chi connectivity index (χ1n) is 6.02. The molecule has 1 saturated heterocycles. The molecule has 1 heterocycles. The van der Waals surface area contributed by atoms with Gasteiger partial charge in [-0.3, -0.25) is 4.79 Å². The molecule has 1 aromatic carbocycles. The minimum Gasteiger partial charge on any atom is -0.324 e. The van der Waals surface area contributed by atoms with Crippen molar-refractivity contribution >= 4 is 11.6 Å². The fourth-order valence-corrected chi connectivity index (χ4v) is 2.04. The van der Waals surface area contributed by atoms with Gasteiger partial charge in [0.15, 0.2) is 0 Å². The number of likely N-dealkylation sites (tertiary alicyclic amines) is 1. The molecule has 1 amide bonds. The zero-order chi connectivity index (χ0) is 12.1. The molecule has 0 atom stereocenters. The summed E-state index contributed by atoms with van der Waals surface area (Å²) in [5.74, 6) is -0.510. The lowest BCUT2D eigenvalue weighted by Crippen LogP contribution is -2.25. The lowest BCUT2D eigenvalue weighted by atomic mass is 10.3. The third-order valence-electron chi connectivity index (χ3n) is 3.00. The molecule has 2 rings (SSSR count). The van der Waals surface area contributed by atoms with Crippen molar-refractivity contribution in [2.75, 3.05) is 25.0 Å². The van der Waals surface area contributed by atoms with E-state index in [-0.39, 0.29) is 17.4 Å². The van der Waals surface area contributed by atoms with Gasteiger partial charge in [-0.25, -0.2) is 4.39 Å². The summed E-state index contributed by atoms with van der Waals surface area (Å²) in [5, 5.41) is 2.59. The van der Waals surface area contributed by atoms with E-state index in [0.29, 0.717) is 6.42 Å². The topological polar surface area (TPSA) is 32.3 Å². The highest BCUT2D eigenvalue weighted by molar-refractivity contribution is 5.90. The number of carbonyl (C=O) groups excluding carboxylic acids is 1. The number of benzene rings is 1. The van der Waals surface area contributed by atoms with Gasteiger partial charge < -0.3 is 10.2 Å². The van der Waals surface area contributed by atoms with E-state index in [1.165, 1.54) is 18.9 Å². The molecule has 17 heavy (non-hydrogen) atoms. The molecule has 92 valence electrons. The molecule has 0 radical (unpaired) electrons. The second-order valence-electron chi connectivity index (χ2n) is 4.33. The van der Waals surface area contributed by atoms with Crippen molar-refractivity contribution in [2.45, 2.75) is 19.3 Å². The second-order valence-corrected chi connectivity index (χ2v) is 4.33. The van der Waals surface area contributed by atoms with E-state index >= 15 is 0 Å². The molecule has 0 unspecified atom stereocenters. The highest BCUT2D eigenvalue weighted by Gasteiger charge is 2.13. The van der Waals surface area contributed by atoms with Crippen LogP contribution in [0, 0.1) is 5.82 Å². The zero-order valence-electron chi connectivity index (χ0n) is 9.79. The third-order valence-corrected chi connectivity index (χ3v) is 3.00. The van der Waals surface area contributed by atoms with Gasteiger partial charge in [0, 0.05) is 13.0 Å². The number of nitrogens with zero attached hydrogens (tertiary/aromatic N) is 1. The summed E-state index contributed by atoms with van der Waals surface area (Å²) in [6.45, 7) is 2.92. The van der Waals surface area contributed by atoms with Crippen LogP contribution in [0.3, 0.4) is 0 Å². The Morgan fingerprint density at radius 2 is 2.00 bits per heavy atom. The predicted octanol–water partition coefficient (Wildman–Crippen LogP) is 2.25. The molecule has 4 heteroatoms. The van der Waals surface area contributed by atoms with Crippen molar-refractivity contribution in [3.05, 3.63) is 30.1 Å². The smallest absolute Gasteiger partial charge is 0.225 e. The Morgan fingerprint density at radius 3 is 2.71 bits per heavy atom. The number of amides is 1. The van der Waals surface area contributed by atoms with E-state index in [4.69, 9.17) is 0 Å². The van der Waals surface area contributed by atoms with Gasteiger partial charge in [0.2, 0.25) is 5.91 Å². The highest BCUT2D eigenvalue weighted by Crippen LogP contribution is 2.13. The van der Waals surface area contributed by atoms with Crippen LogP contribution in [0.15, 0.2) is 24.3 Å². The summed E-state index contributed by atoms with van der Waals surface area (Å²) in [4.78, 5) is 13.9. The summed E-state index contributed by atoms with van der Waals surface area (Å²) >= 11 is 0. The molecule has 0 spiro atoms. The largest absolute Gasteiger partial charge is 0.324 e. The average Bonchev–Trinajstić information content (AvgIpc) is 2.82. The number of hydrogen-bond donors (Lipinski definition) is 1. The number of anilines is 1. The van der Waals surface area contributed by atoms with Crippen LogP contribution in [0.25, 0.3) is 0 Å². The first-order valence-corrected chi connectivity index (χ1v) is 6.02. The highest BCUT2D eigenvalue weighted by atomic mass is 19.1. The minimum atomic E-state index is -0.387. The molecule has 1 N–H and O–H groups in total. The Balaban J connectivity index is 1.79. The Bertz CT molecular complexity index is 389. The van der Waals surface area contributed by atoms with Gasteiger partial charge in [0.05, 0.1) is 5.69 Å². The van der Waals surface area contributed by atoms with Gasteiger partial charge in [0.25, 0.3) is 0 Å². The van der Waals surface area contributed by atoms with Crippen molar-refractivity contribution in [3.8, 4) is 0 Å². The molecule has 0 aliphatic carbocycles. The molecule has 1 aliphatic rings. The summed E-state index contributed by atoms with van der Waals surface area (Å²) in [6, 6.07) is 6.23. The van der Waals surface area contributed by atoms with Crippen LogP contribution in [-0.4, -0.2) is 30.4 Å². The second kappa shape index (κ2) is 5.77. The Hall–Kier alpha value is -1.42. The average molecular weight is 236 g/mol. The van der Waals surface area contributed by atoms with Crippen LogP contribution in [-0.2, 0) is 4.79 Å². The number of nitrogens with one attached hydrogen (secondary N) is 1. The monoisotopic (exact) mass is 236 g/mol. The van der Waals surface area contributed by atoms with Crippen molar-refractivity contribution in [2.24, 2.45) is 0 Å². The maximum atomic E-state index is 13.3. The summed E-state index contributed by atoms with van der Waals surface area (Å²) in [5.41, 5.74) is 0.263. The van der Waals surface area contributed by atoms with Crippen LogP contribution in [0.4, 0.5) is 10.1 Å². The molecule has 1 fully saturated rings. The van der Waals surface area contributed by atoms with E-state index in [1.807, 2.05) is 0 Å². The maximum absolute atomic E-state index is 13.3. The van der Waals surface area contributed by atoms with E-state index in [2.05, 4.69) is 10.2 Å². The Kier molecular flexibility index (Phi) is 4.09. The molecule has 0 bridgehead atoms. The molecular weight excluding hydrogens is 219 g/mol. The fraction of sp³-hybridized carbons (Fsp3) is 0.462. The number of rotatable bonds is 4.